The van der Waals surface area contributed by atoms with Crippen LogP contribution >= 0.6 is 7.14 Å². The van der Waals surface area contributed by atoms with Crippen LogP contribution in [0.5, 0.6) is 0 Å². The predicted octanol–water partition coefficient (Wildman–Crippen LogP) is 4.51. The Labute approximate surface area is 146 Å². The van der Waals surface area contributed by atoms with E-state index in [1.165, 1.54) is 0 Å². The van der Waals surface area contributed by atoms with E-state index in [0.29, 0.717) is 12.3 Å². The Balaban J connectivity index is 2.85. The summed E-state index contributed by atoms with van der Waals surface area (Å²) in [4.78, 5) is 4.25. The highest BCUT2D eigenvalue weighted by Gasteiger charge is 2.26. The second-order valence-electron chi connectivity index (χ2n) is 6.50. The first kappa shape index (κ1) is 18.6. The molecule has 0 saturated carbocycles. The van der Waals surface area contributed by atoms with Crippen molar-refractivity contribution in [2.45, 2.75) is 13.8 Å². The van der Waals surface area contributed by atoms with Gasteiger partial charge in [-0.05, 0) is 17.7 Å². The maximum atomic E-state index is 13.5. The standard InChI is InChI=1S/C20H29N2OP/c1-7-24(23,8-2)19-15-10-9-12-16(19)20-17(21(3)4)13-11-14-18(20)22(5)6/h9-15H,7-8H2,1-6H3. The van der Waals surface area contributed by atoms with Gasteiger partial charge in [-0.2, -0.15) is 0 Å². The summed E-state index contributed by atoms with van der Waals surface area (Å²) in [7, 11) is 5.85. The summed E-state index contributed by atoms with van der Waals surface area (Å²) in [5.41, 5.74) is 4.54. The van der Waals surface area contributed by atoms with Gasteiger partial charge in [0.05, 0.1) is 0 Å². The van der Waals surface area contributed by atoms with Crippen molar-refractivity contribution in [3.63, 3.8) is 0 Å². The Bertz CT molecular complexity index is 719. The highest BCUT2D eigenvalue weighted by atomic mass is 31.2. The third-order valence-electron chi connectivity index (χ3n) is 4.62. The Morgan fingerprint density at radius 3 is 1.75 bits per heavy atom. The van der Waals surface area contributed by atoms with E-state index in [1.807, 2.05) is 26.0 Å². The van der Waals surface area contributed by atoms with E-state index < -0.39 is 7.14 Å². The van der Waals surface area contributed by atoms with Crippen LogP contribution in [0.3, 0.4) is 0 Å². The average Bonchev–Trinajstić information content (AvgIpc) is 2.60. The summed E-state index contributed by atoms with van der Waals surface area (Å²) in [6, 6.07) is 14.5. The van der Waals surface area contributed by atoms with Gasteiger partial charge >= 0.3 is 0 Å². The van der Waals surface area contributed by atoms with Gasteiger partial charge in [0.25, 0.3) is 0 Å². The number of hydrogen-bond acceptors (Lipinski definition) is 3. The third-order valence-corrected chi connectivity index (χ3v) is 7.93. The van der Waals surface area contributed by atoms with E-state index in [4.69, 9.17) is 0 Å². The van der Waals surface area contributed by atoms with Gasteiger partial charge in [-0.1, -0.05) is 44.2 Å². The lowest BCUT2D eigenvalue weighted by Crippen LogP contribution is -2.18. The first-order valence-corrected chi connectivity index (χ1v) is 10.6. The molecule has 0 saturated heterocycles. The molecule has 0 N–H and O–H groups in total. The smallest absolute Gasteiger partial charge is 0.115 e. The first-order chi connectivity index (χ1) is 11.4. The summed E-state index contributed by atoms with van der Waals surface area (Å²) in [6.07, 6.45) is 1.39. The topological polar surface area (TPSA) is 23.6 Å². The van der Waals surface area contributed by atoms with E-state index in [9.17, 15) is 4.57 Å². The normalized spacial score (nSPS) is 11.4. The van der Waals surface area contributed by atoms with Crippen LogP contribution in [0.15, 0.2) is 42.5 Å². The summed E-state index contributed by atoms with van der Waals surface area (Å²) in [5.74, 6) is 0. The minimum absolute atomic E-state index is 0.696. The van der Waals surface area contributed by atoms with E-state index in [2.05, 4.69) is 68.3 Å². The number of hydrogen-bond donors (Lipinski definition) is 0. The molecule has 4 heteroatoms. The highest BCUT2D eigenvalue weighted by molar-refractivity contribution is 7.71. The molecular weight excluding hydrogens is 315 g/mol. The molecule has 0 bridgehead atoms. The molecule has 0 unspecified atom stereocenters. The van der Waals surface area contributed by atoms with E-state index >= 15 is 0 Å². The van der Waals surface area contributed by atoms with E-state index in [1.54, 1.807) is 0 Å². The van der Waals surface area contributed by atoms with Crippen molar-refractivity contribution in [3.8, 4) is 11.1 Å². The van der Waals surface area contributed by atoms with Crippen molar-refractivity contribution >= 4 is 23.8 Å². The molecule has 0 spiro atoms. The molecule has 3 nitrogen and oxygen atoms in total. The van der Waals surface area contributed by atoms with Crippen LogP contribution < -0.4 is 15.1 Å². The number of nitrogens with zero attached hydrogens (tertiary/aromatic N) is 2. The number of anilines is 2. The van der Waals surface area contributed by atoms with Crippen LogP contribution in [0, 0.1) is 0 Å². The molecule has 2 aromatic rings. The molecule has 2 rings (SSSR count). The number of rotatable bonds is 6. The predicted molar refractivity (Wildman–Crippen MR) is 109 cm³/mol. The molecule has 0 heterocycles. The largest absolute Gasteiger partial charge is 0.377 e. The lowest BCUT2D eigenvalue weighted by atomic mass is 10.00. The van der Waals surface area contributed by atoms with Gasteiger partial charge in [0.1, 0.15) is 7.14 Å². The molecule has 0 atom stereocenters. The van der Waals surface area contributed by atoms with E-state index in [0.717, 1.165) is 27.8 Å². The van der Waals surface area contributed by atoms with Gasteiger partial charge < -0.3 is 14.4 Å². The fraction of sp³-hybridized carbons (Fsp3) is 0.400. The van der Waals surface area contributed by atoms with E-state index in [-0.39, 0.29) is 0 Å². The Hall–Kier alpha value is -1.73. The van der Waals surface area contributed by atoms with Crippen LogP contribution in [-0.4, -0.2) is 40.5 Å². The van der Waals surface area contributed by atoms with Gasteiger partial charge in [0.15, 0.2) is 0 Å². The summed E-state index contributed by atoms with van der Waals surface area (Å²) < 4.78 is 13.5. The molecule has 0 radical (unpaired) electrons. The van der Waals surface area contributed by atoms with Crippen LogP contribution in [-0.2, 0) is 4.57 Å². The van der Waals surface area contributed by atoms with Crippen LogP contribution in [0.2, 0.25) is 0 Å². The fourth-order valence-corrected chi connectivity index (χ4v) is 5.27. The molecule has 0 aliphatic heterocycles. The van der Waals surface area contributed by atoms with Crippen LogP contribution in [0.4, 0.5) is 11.4 Å². The quantitative estimate of drug-likeness (QED) is 0.720. The van der Waals surface area contributed by atoms with Crippen molar-refractivity contribution in [1.29, 1.82) is 0 Å². The Morgan fingerprint density at radius 2 is 1.29 bits per heavy atom. The Morgan fingerprint density at radius 1 is 0.792 bits per heavy atom. The van der Waals surface area contributed by atoms with Gasteiger partial charge in [-0.15, -0.1) is 0 Å². The van der Waals surface area contributed by atoms with Crippen molar-refractivity contribution < 1.29 is 4.57 Å². The minimum Gasteiger partial charge on any atom is -0.377 e. The van der Waals surface area contributed by atoms with Gasteiger partial charge in [0, 0.05) is 62.8 Å². The third kappa shape index (κ3) is 3.37. The van der Waals surface area contributed by atoms with Crippen molar-refractivity contribution in [3.05, 3.63) is 42.5 Å². The van der Waals surface area contributed by atoms with Crippen molar-refractivity contribution in [2.24, 2.45) is 0 Å². The molecule has 0 aliphatic rings. The highest BCUT2D eigenvalue weighted by Crippen LogP contribution is 2.48. The summed E-state index contributed by atoms with van der Waals surface area (Å²) in [5, 5.41) is 1.01. The average molecular weight is 344 g/mol. The zero-order chi connectivity index (χ0) is 17.9. The van der Waals surface area contributed by atoms with Crippen molar-refractivity contribution in [1.82, 2.24) is 0 Å². The summed E-state index contributed by atoms with van der Waals surface area (Å²) >= 11 is 0. The number of benzene rings is 2. The maximum absolute atomic E-state index is 13.5. The molecule has 0 amide bonds. The van der Waals surface area contributed by atoms with Crippen LogP contribution in [0.1, 0.15) is 13.8 Å². The van der Waals surface area contributed by atoms with Gasteiger partial charge in [-0.3, -0.25) is 0 Å². The van der Waals surface area contributed by atoms with Crippen molar-refractivity contribution in [2.75, 3.05) is 50.3 Å². The van der Waals surface area contributed by atoms with Crippen LogP contribution in [0.25, 0.3) is 11.1 Å². The zero-order valence-corrected chi connectivity index (χ0v) is 16.6. The second kappa shape index (κ2) is 7.44. The monoisotopic (exact) mass is 344 g/mol. The summed E-state index contributed by atoms with van der Waals surface area (Å²) in [6.45, 7) is 4.07. The lowest BCUT2D eigenvalue weighted by Gasteiger charge is -2.27. The minimum atomic E-state index is -2.37. The molecule has 24 heavy (non-hydrogen) atoms. The molecule has 0 fully saturated rings. The zero-order valence-electron chi connectivity index (χ0n) is 15.7. The molecular formula is C20H29N2OP. The molecule has 0 aromatic heterocycles. The molecule has 0 aliphatic carbocycles. The molecule has 2 aromatic carbocycles. The SMILES string of the molecule is CCP(=O)(CC)c1ccccc1-c1c(N(C)C)cccc1N(C)C. The Kier molecular flexibility index (Phi) is 5.77. The molecule has 130 valence electrons. The second-order valence-corrected chi connectivity index (χ2v) is 10.0. The fourth-order valence-electron chi connectivity index (χ4n) is 3.15. The van der Waals surface area contributed by atoms with Gasteiger partial charge in [0.2, 0.25) is 0 Å². The lowest BCUT2D eigenvalue weighted by molar-refractivity contribution is 0.582. The first-order valence-electron chi connectivity index (χ1n) is 8.51. The maximum Gasteiger partial charge on any atom is 0.115 e. The van der Waals surface area contributed by atoms with Gasteiger partial charge in [-0.25, -0.2) is 0 Å².